The van der Waals surface area contributed by atoms with Gasteiger partial charge in [0.05, 0.1) is 6.10 Å². The van der Waals surface area contributed by atoms with Crippen molar-refractivity contribution in [3.05, 3.63) is 64.2 Å². The van der Waals surface area contributed by atoms with Crippen molar-refractivity contribution in [3.63, 3.8) is 0 Å². The second-order valence-electron chi connectivity index (χ2n) is 4.38. The van der Waals surface area contributed by atoms with E-state index in [0.29, 0.717) is 21.9 Å². The Bertz CT molecular complexity index is 615. The molecule has 20 heavy (non-hydrogen) atoms. The van der Waals surface area contributed by atoms with Crippen molar-refractivity contribution in [1.82, 2.24) is 0 Å². The monoisotopic (exact) mass is 298 g/mol. The molecule has 0 saturated heterocycles. The Labute approximate surface area is 120 Å². The molecule has 2 rings (SSSR count). The fourth-order valence-corrected chi connectivity index (χ4v) is 1.96. The Balaban J connectivity index is 2.20. The summed E-state index contributed by atoms with van der Waals surface area (Å²) in [5.74, 6) is -0.540. The molecule has 1 N–H and O–H groups in total. The molecule has 2 nitrogen and oxygen atoms in total. The second kappa shape index (κ2) is 6.20. The van der Waals surface area contributed by atoms with Crippen molar-refractivity contribution in [3.8, 4) is 5.75 Å². The maximum Gasteiger partial charge on any atom is 0.125 e. The Morgan fingerprint density at radius 1 is 1.15 bits per heavy atom. The number of benzene rings is 2. The molecule has 0 unspecified atom stereocenters. The number of rotatable bonds is 4. The van der Waals surface area contributed by atoms with Crippen LogP contribution in [0.3, 0.4) is 0 Å². The molecule has 0 fully saturated rings. The zero-order valence-electron chi connectivity index (χ0n) is 10.7. The summed E-state index contributed by atoms with van der Waals surface area (Å²) in [7, 11) is 0. The van der Waals surface area contributed by atoms with Crippen LogP contribution in [0.1, 0.15) is 24.2 Å². The van der Waals surface area contributed by atoms with Gasteiger partial charge in [-0.15, -0.1) is 0 Å². The van der Waals surface area contributed by atoms with Crippen LogP contribution in [0.15, 0.2) is 36.4 Å². The van der Waals surface area contributed by atoms with E-state index in [-0.39, 0.29) is 6.61 Å². The molecule has 0 aliphatic heterocycles. The Morgan fingerprint density at radius 3 is 2.50 bits per heavy atom. The maximum atomic E-state index is 13.2. The van der Waals surface area contributed by atoms with E-state index < -0.39 is 17.7 Å². The smallest absolute Gasteiger partial charge is 0.125 e. The standard InChI is InChI=1S/C15H13ClF2O2/c1-9(19)13-7-12(18)3-5-15(13)20-8-10-6-11(17)2-4-14(10)16/h2-7,9,19H,8H2,1H3/t9-/m0/s1. The lowest BCUT2D eigenvalue weighted by atomic mass is 10.1. The summed E-state index contributed by atoms with van der Waals surface area (Å²) in [5.41, 5.74) is 0.810. The maximum absolute atomic E-state index is 13.2. The lowest BCUT2D eigenvalue weighted by Gasteiger charge is -2.14. The van der Waals surface area contributed by atoms with Crippen LogP contribution in [0.25, 0.3) is 0 Å². The van der Waals surface area contributed by atoms with Gasteiger partial charge in [0.25, 0.3) is 0 Å². The molecular formula is C15H13ClF2O2. The van der Waals surface area contributed by atoms with Gasteiger partial charge in [0.15, 0.2) is 0 Å². The highest BCUT2D eigenvalue weighted by Gasteiger charge is 2.11. The summed E-state index contributed by atoms with van der Waals surface area (Å²) >= 11 is 5.93. The zero-order valence-corrected chi connectivity index (χ0v) is 11.5. The molecule has 0 amide bonds. The van der Waals surface area contributed by atoms with Crippen LogP contribution in [0.4, 0.5) is 8.78 Å². The normalized spacial score (nSPS) is 12.2. The molecule has 0 aliphatic carbocycles. The first kappa shape index (κ1) is 14.8. The molecule has 0 saturated carbocycles. The van der Waals surface area contributed by atoms with E-state index >= 15 is 0 Å². The summed E-state index contributed by atoms with van der Waals surface area (Å²) in [6.07, 6.45) is -0.872. The van der Waals surface area contributed by atoms with E-state index in [4.69, 9.17) is 16.3 Å². The third kappa shape index (κ3) is 3.46. The number of hydrogen-bond donors (Lipinski definition) is 1. The topological polar surface area (TPSA) is 29.5 Å². The highest BCUT2D eigenvalue weighted by Crippen LogP contribution is 2.27. The second-order valence-corrected chi connectivity index (χ2v) is 4.79. The van der Waals surface area contributed by atoms with E-state index in [1.54, 1.807) is 0 Å². The predicted octanol–water partition coefficient (Wildman–Crippen LogP) is 4.25. The van der Waals surface area contributed by atoms with E-state index in [0.717, 1.165) is 0 Å². The van der Waals surface area contributed by atoms with Gasteiger partial charge in [0, 0.05) is 16.1 Å². The average Bonchev–Trinajstić information content (AvgIpc) is 2.40. The lowest BCUT2D eigenvalue weighted by Crippen LogP contribution is -2.02. The Morgan fingerprint density at radius 2 is 1.80 bits per heavy atom. The fourth-order valence-electron chi connectivity index (χ4n) is 1.79. The first-order valence-electron chi connectivity index (χ1n) is 6.01. The lowest BCUT2D eigenvalue weighted by molar-refractivity contribution is 0.189. The molecular weight excluding hydrogens is 286 g/mol. The molecule has 2 aromatic rings. The van der Waals surface area contributed by atoms with Gasteiger partial charge >= 0.3 is 0 Å². The first-order valence-corrected chi connectivity index (χ1v) is 6.39. The van der Waals surface area contributed by atoms with Crippen LogP contribution in [-0.2, 0) is 6.61 Å². The largest absolute Gasteiger partial charge is 0.488 e. The number of aliphatic hydroxyl groups is 1. The minimum absolute atomic E-state index is 0.0297. The fraction of sp³-hybridized carbons (Fsp3) is 0.200. The summed E-state index contributed by atoms with van der Waals surface area (Å²) < 4.78 is 31.8. The molecule has 106 valence electrons. The minimum Gasteiger partial charge on any atom is -0.488 e. The van der Waals surface area contributed by atoms with Crippen molar-refractivity contribution in [1.29, 1.82) is 0 Å². The van der Waals surface area contributed by atoms with E-state index in [2.05, 4.69) is 0 Å². The predicted molar refractivity (Wildman–Crippen MR) is 72.8 cm³/mol. The van der Waals surface area contributed by atoms with Gasteiger partial charge in [-0.2, -0.15) is 0 Å². The zero-order chi connectivity index (χ0) is 14.7. The molecule has 5 heteroatoms. The van der Waals surface area contributed by atoms with Gasteiger partial charge in [0.1, 0.15) is 24.0 Å². The van der Waals surface area contributed by atoms with Crippen LogP contribution in [0.2, 0.25) is 5.02 Å². The first-order chi connectivity index (χ1) is 9.47. The van der Waals surface area contributed by atoms with E-state index in [9.17, 15) is 13.9 Å². The highest BCUT2D eigenvalue weighted by molar-refractivity contribution is 6.31. The van der Waals surface area contributed by atoms with Crippen LogP contribution < -0.4 is 4.74 Å². The van der Waals surface area contributed by atoms with Gasteiger partial charge in [-0.05, 0) is 43.3 Å². The van der Waals surface area contributed by atoms with Gasteiger partial charge in [-0.25, -0.2) is 8.78 Å². The van der Waals surface area contributed by atoms with Crippen LogP contribution >= 0.6 is 11.6 Å². The third-order valence-corrected chi connectivity index (χ3v) is 3.18. The number of hydrogen-bond acceptors (Lipinski definition) is 2. The molecule has 2 aromatic carbocycles. The van der Waals surface area contributed by atoms with Gasteiger partial charge in [0.2, 0.25) is 0 Å². The van der Waals surface area contributed by atoms with Crippen molar-refractivity contribution >= 4 is 11.6 Å². The number of aliphatic hydroxyl groups excluding tert-OH is 1. The number of halogens is 3. The average molecular weight is 299 g/mol. The Hall–Kier alpha value is -1.65. The molecule has 1 atom stereocenters. The quantitative estimate of drug-likeness (QED) is 0.914. The minimum atomic E-state index is -0.872. The van der Waals surface area contributed by atoms with Crippen molar-refractivity contribution in [2.45, 2.75) is 19.6 Å². The van der Waals surface area contributed by atoms with Crippen LogP contribution in [0, 0.1) is 11.6 Å². The highest BCUT2D eigenvalue weighted by atomic mass is 35.5. The number of ether oxygens (including phenoxy) is 1. The van der Waals surface area contributed by atoms with Crippen molar-refractivity contribution < 1.29 is 18.6 Å². The van der Waals surface area contributed by atoms with Crippen LogP contribution in [0.5, 0.6) is 5.75 Å². The van der Waals surface area contributed by atoms with Crippen LogP contribution in [-0.4, -0.2) is 5.11 Å². The summed E-state index contributed by atoms with van der Waals surface area (Å²) in [4.78, 5) is 0. The van der Waals surface area contributed by atoms with Crippen molar-refractivity contribution in [2.24, 2.45) is 0 Å². The molecule has 0 bridgehead atoms. The third-order valence-electron chi connectivity index (χ3n) is 2.81. The van der Waals surface area contributed by atoms with E-state index in [1.807, 2.05) is 0 Å². The molecule has 0 aromatic heterocycles. The van der Waals surface area contributed by atoms with Gasteiger partial charge in [-0.1, -0.05) is 11.6 Å². The molecule has 0 spiro atoms. The van der Waals surface area contributed by atoms with Crippen molar-refractivity contribution in [2.75, 3.05) is 0 Å². The summed E-state index contributed by atoms with van der Waals surface area (Å²) in [5, 5.41) is 9.97. The Kier molecular flexibility index (Phi) is 4.57. The SMILES string of the molecule is C[C@H](O)c1cc(F)ccc1OCc1cc(F)ccc1Cl. The van der Waals surface area contributed by atoms with Gasteiger partial charge in [-0.3, -0.25) is 0 Å². The molecule has 0 heterocycles. The van der Waals surface area contributed by atoms with Gasteiger partial charge < -0.3 is 9.84 Å². The molecule has 0 aliphatic rings. The molecule has 0 radical (unpaired) electrons. The van der Waals surface area contributed by atoms with E-state index in [1.165, 1.54) is 43.3 Å². The summed E-state index contributed by atoms with van der Waals surface area (Å²) in [6, 6.07) is 7.82. The summed E-state index contributed by atoms with van der Waals surface area (Å²) in [6.45, 7) is 1.54.